The first-order chi connectivity index (χ1) is 8.66. The van der Waals surface area contributed by atoms with Crippen LogP contribution in [0.4, 0.5) is 0 Å². The molecule has 0 bridgehead atoms. The Morgan fingerprint density at radius 1 is 1.44 bits per heavy atom. The highest BCUT2D eigenvalue weighted by atomic mass is 16.5. The Morgan fingerprint density at radius 2 is 2.22 bits per heavy atom. The molecule has 0 spiro atoms. The maximum Gasteiger partial charge on any atom is 0.328 e. The first-order valence-electron chi connectivity index (χ1n) is 6.78. The third kappa shape index (κ3) is 3.22. The van der Waals surface area contributed by atoms with Crippen LogP contribution in [-0.4, -0.2) is 44.5 Å². The fourth-order valence-electron chi connectivity index (χ4n) is 2.32. The van der Waals surface area contributed by atoms with Crippen LogP contribution in [0.3, 0.4) is 0 Å². The van der Waals surface area contributed by atoms with Crippen LogP contribution < -0.4 is 5.73 Å². The van der Waals surface area contributed by atoms with Crippen LogP contribution in [0.1, 0.15) is 26.2 Å². The van der Waals surface area contributed by atoms with Gasteiger partial charge in [-0.05, 0) is 32.1 Å². The van der Waals surface area contributed by atoms with E-state index < -0.39 is 5.54 Å². The summed E-state index contributed by atoms with van der Waals surface area (Å²) in [4.78, 5) is 11.9. The third-order valence-corrected chi connectivity index (χ3v) is 3.68. The molecule has 1 aliphatic carbocycles. The Labute approximate surface area is 108 Å². The van der Waals surface area contributed by atoms with Crippen LogP contribution in [-0.2, 0) is 19.0 Å². The van der Waals surface area contributed by atoms with Gasteiger partial charge in [0, 0.05) is 12.5 Å². The van der Waals surface area contributed by atoms with Gasteiger partial charge >= 0.3 is 5.97 Å². The summed E-state index contributed by atoms with van der Waals surface area (Å²) in [5.41, 5.74) is 5.24. The second-order valence-electron chi connectivity index (χ2n) is 5.28. The van der Waals surface area contributed by atoms with Gasteiger partial charge in [0.25, 0.3) is 0 Å². The molecule has 0 amide bonds. The molecule has 1 saturated carbocycles. The van der Waals surface area contributed by atoms with Crippen molar-refractivity contribution in [1.82, 2.24) is 0 Å². The van der Waals surface area contributed by atoms with E-state index in [0.717, 1.165) is 32.5 Å². The highest BCUT2D eigenvalue weighted by molar-refractivity contribution is 5.81. The molecule has 5 nitrogen and oxygen atoms in total. The van der Waals surface area contributed by atoms with Gasteiger partial charge in [-0.1, -0.05) is 0 Å². The summed E-state index contributed by atoms with van der Waals surface area (Å²) in [6, 6.07) is 0. The van der Waals surface area contributed by atoms with Crippen LogP contribution in [0.25, 0.3) is 0 Å². The lowest BCUT2D eigenvalue weighted by Gasteiger charge is -2.27. The maximum atomic E-state index is 11.9. The van der Waals surface area contributed by atoms with Gasteiger partial charge in [0.05, 0.1) is 26.4 Å². The number of hydrogen-bond donors (Lipinski definition) is 1. The minimum atomic E-state index is -0.949. The molecule has 1 aliphatic heterocycles. The van der Waals surface area contributed by atoms with Crippen LogP contribution in [0.15, 0.2) is 0 Å². The molecule has 5 heteroatoms. The second-order valence-corrected chi connectivity index (χ2v) is 5.28. The Balaban J connectivity index is 1.79. The SMILES string of the molecule is CCOC(=O)C(N)(COCC1CCOC1)C1CC1. The van der Waals surface area contributed by atoms with Gasteiger partial charge < -0.3 is 19.9 Å². The molecule has 0 aromatic rings. The molecule has 2 aliphatic rings. The molecule has 2 rings (SSSR count). The topological polar surface area (TPSA) is 70.8 Å². The normalized spacial score (nSPS) is 26.9. The molecule has 2 unspecified atom stereocenters. The fraction of sp³-hybridized carbons (Fsp3) is 0.923. The van der Waals surface area contributed by atoms with E-state index in [1.165, 1.54) is 0 Å². The van der Waals surface area contributed by atoms with Gasteiger partial charge in [0.15, 0.2) is 0 Å². The van der Waals surface area contributed by atoms with Crippen LogP contribution >= 0.6 is 0 Å². The monoisotopic (exact) mass is 257 g/mol. The zero-order valence-electron chi connectivity index (χ0n) is 11.0. The van der Waals surface area contributed by atoms with Crippen molar-refractivity contribution in [2.24, 2.45) is 17.6 Å². The van der Waals surface area contributed by atoms with Crippen LogP contribution in [0.5, 0.6) is 0 Å². The van der Waals surface area contributed by atoms with E-state index in [2.05, 4.69) is 0 Å². The first-order valence-corrected chi connectivity index (χ1v) is 6.78. The molecular weight excluding hydrogens is 234 g/mol. The number of carbonyl (C=O) groups excluding carboxylic acids is 1. The predicted molar refractivity (Wildman–Crippen MR) is 66.0 cm³/mol. The number of nitrogens with two attached hydrogens (primary N) is 1. The number of rotatable bonds is 7. The lowest BCUT2D eigenvalue weighted by molar-refractivity contribution is -0.153. The molecule has 2 atom stereocenters. The minimum absolute atomic E-state index is 0.219. The number of hydrogen-bond acceptors (Lipinski definition) is 5. The number of carbonyl (C=O) groups is 1. The quantitative estimate of drug-likeness (QED) is 0.680. The largest absolute Gasteiger partial charge is 0.465 e. The minimum Gasteiger partial charge on any atom is -0.465 e. The standard InChI is InChI=1S/C13H23NO4/c1-2-18-12(15)13(14,11-3-4-11)9-17-8-10-5-6-16-7-10/h10-11H,2-9,14H2,1H3. The average molecular weight is 257 g/mol. The predicted octanol–water partition coefficient (Wildman–Crippen LogP) is 0.710. The zero-order chi connectivity index (χ0) is 13.0. The summed E-state index contributed by atoms with van der Waals surface area (Å²) in [7, 11) is 0. The Morgan fingerprint density at radius 3 is 2.78 bits per heavy atom. The smallest absolute Gasteiger partial charge is 0.328 e. The molecule has 0 radical (unpaired) electrons. The highest BCUT2D eigenvalue weighted by Crippen LogP contribution is 2.39. The molecular formula is C13H23NO4. The summed E-state index contributed by atoms with van der Waals surface area (Å²) < 4.78 is 16.0. The van der Waals surface area contributed by atoms with E-state index >= 15 is 0 Å². The second kappa shape index (κ2) is 5.99. The van der Waals surface area contributed by atoms with Gasteiger partial charge in [0.2, 0.25) is 0 Å². The Hall–Kier alpha value is -0.650. The highest BCUT2D eigenvalue weighted by Gasteiger charge is 2.49. The molecule has 1 saturated heterocycles. The molecule has 104 valence electrons. The molecule has 0 aromatic carbocycles. The van der Waals surface area contributed by atoms with E-state index in [4.69, 9.17) is 19.9 Å². The van der Waals surface area contributed by atoms with Crippen molar-refractivity contribution in [2.45, 2.75) is 31.7 Å². The van der Waals surface area contributed by atoms with Crippen molar-refractivity contribution < 1.29 is 19.0 Å². The summed E-state index contributed by atoms with van der Waals surface area (Å²) in [6.07, 6.45) is 3.01. The Bertz CT molecular complexity index is 287. The van der Waals surface area contributed by atoms with Crippen LogP contribution in [0, 0.1) is 11.8 Å². The van der Waals surface area contributed by atoms with Gasteiger partial charge in [-0.3, -0.25) is 0 Å². The fourth-order valence-corrected chi connectivity index (χ4v) is 2.32. The molecule has 18 heavy (non-hydrogen) atoms. The van der Waals surface area contributed by atoms with Gasteiger partial charge in [-0.15, -0.1) is 0 Å². The zero-order valence-corrected chi connectivity index (χ0v) is 11.0. The first kappa shape index (κ1) is 13.8. The summed E-state index contributed by atoms with van der Waals surface area (Å²) in [5, 5.41) is 0. The van der Waals surface area contributed by atoms with Gasteiger partial charge in [-0.25, -0.2) is 4.79 Å². The van der Waals surface area contributed by atoms with Crippen molar-refractivity contribution in [3.05, 3.63) is 0 Å². The van der Waals surface area contributed by atoms with E-state index in [-0.39, 0.29) is 18.5 Å². The molecule has 2 fully saturated rings. The Kier molecular flexibility index (Phi) is 4.59. The van der Waals surface area contributed by atoms with Gasteiger partial charge in [0.1, 0.15) is 5.54 Å². The summed E-state index contributed by atoms with van der Waals surface area (Å²) in [5.74, 6) is 0.335. The number of esters is 1. The van der Waals surface area contributed by atoms with E-state index in [1.54, 1.807) is 6.92 Å². The summed E-state index contributed by atoms with van der Waals surface area (Å²) in [6.45, 7) is 4.59. The maximum absolute atomic E-state index is 11.9. The van der Waals surface area contributed by atoms with E-state index in [0.29, 0.717) is 19.1 Å². The van der Waals surface area contributed by atoms with Crippen molar-refractivity contribution in [3.8, 4) is 0 Å². The average Bonchev–Trinajstić information content (AvgIpc) is 3.09. The van der Waals surface area contributed by atoms with Crippen molar-refractivity contribution in [1.29, 1.82) is 0 Å². The van der Waals surface area contributed by atoms with Crippen LogP contribution in [0.2, 0.25) is 0 Å². The van der Waals surface area contributed by atoms with E-state index in [9.17, 15) is 4.79 Å². The molecule has 0 aromatic heterocycles. The van der Waals surface area contributed by atoms with E-state index in [1.807, 2.05) is 0 Å². The third-order valence-electron chi connectivity index (χ3n) is 3.68. The number of ether oxygens (including phenoxy) is 3. The lowest BCUT2D eigenvalue weighted by Crippen LogP contribution is -2.55. The molecule has 1 heterocycles. The van der Waals surface area contributed by atoms with Gasteiger partial charge in [-0.2, -0.15) is 0 Å². The summed E-state index contributed by atoms with van der Waals surface area (Å²) >= 11 is 0. The van der Waals surface area contributed by atoms with Crippen molar-refractivity contribution in [2.75, 3.05) is 33.0 Å². The lowest BCUT2D eigenvalue weighted by atomic mass is 9.96. The molecule has 2 N–H and O–H groups in total. The van der Waals surface area contributed by atoms with Crippen molar-refractivity contribution >= 4 is 5.97 Å². The van der Waals surface area contributed by atoms with Crippen molar-refractivity contribution in [3.63, 3.8) is 0 Å².